The summed E-state index contributed by atoms with van der Waals surface area (Å²) >= 11 is 1.21. The zero-order valence-electron chi connectivity index (χ0n) is 15.4. The number of ether oxygens (including phenoxy) is 1. The van der Waals surface area contributed by atoms with E-state index in [-0.39, 0.29) is 17.5 Å². The van der Waals surface area contributed by atoms with Crippen LogP contribution in [0.4, 0.5) is 10.8 Å². The zero-order chi connectivity index (χ0) is 19.1. The van der Waals surface area contributed by atoms with E-state index in [1.807, 2.05) is 18.2 Å². The number of carbonyl (C=O) groups excluding carboxylic acids is 2. The van der Waals surface area contributed by atoms with E-state index in [0.29, 0.717) is 23.2 Å². The number of carbonyl (C=O) groups is 2. The molecular formula is C19H24N4O3S. The molecule has 2 heterocycles. The average molecular weight is 388 g/mol. The van der Waals surface area contributed by atoms with Crippen molar-refractivity contribution in [2.75, 3.05) is 36.9 Å². The molecule has 0 spiro atoms. The highest BCUT2D eigenvalue weighted by molar-refractivity contribution is 7.14. The largest absolute Gasteiger partial charge is 0.490 e. The number of para-hydroxylation sites is 2. The number of nitrogens with one attached hydrogen (secondary N) is 2. The van der Waals surface area contributed by atoms with E-state index in [0.717, 1.165) is 19.6 Å². The van der Waals surface area contributed by atoms with Crippen molar-refractivity contribution in [3.8, 4) is 5.75 Å². The predicted molar refractivity (Wildman–Crippen MR) is 107 cm³/mol. The van der Waals surface area contributed by atoms with Gasteiger partial charge in [0.25, 0.3) is 5.91 Å². The molecular weight excluding hydrogens is 364 g/mol. The molecule has 1 aliphatic rings. The number of nitrogens with zero attached hydrogens (tertiary/aromatic N) is 2. The summed E-state index contributed by atoms with van der Waals surface area (Å²) in [5.74, 6) is 0.0823. The minimum Gasteiger partial charge on any atom is -0.490 e. The summed E-state index contributed by atoms with van der Waals surface area (Å²) in [5.41, 5.74) is 0.863. The van der Waals surface area contributed by atoms with E-state index >= 15 is 0 Å². The second-order valence-electron chi connectivity index (χ2n) is 6.42. The molecule has 0 saturated carbocycles. The highest BCUT2D eigenvalue weighted by atomic mass is 32.1. The van der Waals surface area contributed by atoms with Gasteiger partial charge in [0.1, 0.15) is 18.1 Å². The Labute approximate surface area is 162 Å². The molecule has 1 aliphatic heterocycles. The minimum absolute atomic E-state index is 0.219. The standard InChI is InChI=1S/C19H24N4O3S/c1-14(24)20-19-22-16(13-27-19)18(25)21-15-7-3-4-8-17(15)26-12-11-23-9-5-2-6-10-23/h3-4,7-8,13H,2,5-6,9-12H2,1H3,(H,21,25)(H,20,22,24). The zero-order valence-corrected chi connectivity index (χ0v) is 16.2. The highest BCUT2D eigenvalue weighted by Crippen LogP contribution is 2.25. The number of anilines is 2. The van der Waals surface area contributed by atoms with Crippen molar-refractivity contribution >= 4 is 34.0 Å². The van der Waals surface area contributed by atoms with Crippen LogP contribution in [0.15, 0.2) is 29.6 Å². The molecule has 144 valence electrons. The van der Waals surface area contributed by atoms with Gasteiger partial charge in [0.2, 0.25) is 5.91 Å². The van der Waals surface area contributed by atoms with Gasteiger partial charge in [0, 0.05) is 18.8 Å². The first-order chi connectivity index (χ1) is 13.1. The van der Waals surface area contributed by atoms with Gasteiger partial charge in [0.15, 0.2) is 5.13 Å². The summed E-state index contributed by atoms with van der Waals surface area (Å²) in [7, 11) is 0. The number of amides is 2. The molecule has 27 heavy (non-hydrogen) atoms. The van der Waals surface area contributed by atoms with Gasteiger partial charge < -0.3 is 15.4 Å². The molecule has 3 rings (SSSR count). The molecule has 0 atom stereocenters. The Morgan fingerprint density at radius 1 is 1.19 bits per heavy atom. The Morgan fingerprint density at radius 3 is 2.74 bits per heavy atom. The van der Waals surface area contributed by atoms with Gasteiger partial charge in [-0.15, -0.1) is 11.3 Å². The monoisotopic (exact) mass is 388 g/mol. The van der Waals surface area contributed by atoms with E-state index in [1.165, 1.54) is 37.5 Å². The molecule has 2 N–H and O–H groups in total. The van der Waals surface area contributed by atoms with Gasteiger partial charge in [-0.2, -0.15) is 0 Å². The molecule has 1 fully saturated rings. The van der Waals surface area contributed by atoms with Crippen molar-refractivity contribution in [1.29, 1.82) is 0 Å². The van der Waals surface area contributed by atoms with Crippen LogP contribution in [0, 0.1) is 0 Å². The van der Waals surface area contributed by atoms with Crippen LogP contribution in [0.1, 0.15) is 36.7 Å². The minimum atomic E-state index is -0.338. The summed E-state index contributed by atoms with van der Waals surface area (Å²) in [4.78, 5) is 30.1. The van der Waals surface area contributed by atoms with Crippen LogP contribution in [-0.4, -0.2) is 47.9 Å². The summed E-state index contributed by atoms with van der Waals surface area (Å²) in [5, 5.41) is 7.42. The first-order valence-electron chi connectivity index (χ1n) is 9.10. The Kier molecular flexibility index (Phi) is 6.78. The smallest absolute Gasteiger partial charge is 0.275 e. The van der Waals surface area contributed by atoms with E-state index < -0.39 is 0 Å². The molecule has 8 heteroatoms. The molecule has 1 aromatic carbocycles. The first-order valence-corrected chi connectivity index (χ1v) is 9.98. The van der Waals surface area contributed by atoms with Gasteiger partial charge in [-0.1, -0.05) is 18.6 Å². The molecule has 2 aromatic rings. The number of likely N-dealkylation sites (tertiary alicyclic amines) is 1. The number of thiazole rings is 1. The van der Waals surface area contributed by atoms with Crippen molar-refractivity contribution in [3.63, 3.8) is 0 Å². The third-order valence-electron chi connectivity index (χ3n) is 4.27. The third-order valence-corrected chi connectivity index (χ3v) is 5.03. The molecule has 7 nitrogen and oxygen atoms in total. The number of aromatic nitrogens is 1. The second-order valence-corrected chi connectivity index (χ2v) is 7.28. The molecule has 0 radical (unpaired) electrons. The van der Waals surface area contributed by atoms with Crippen LogP contribution in [0.25, 0.3) is 0 Å². The van der Waals surface area contributed by atoms with Crippen molar-refractivity contribution in [3.05, 3.63) is 35.3 Å². The Hall–Kier alpha value is -2.45. The SMILES string of the molecule is CC(=O)Nc1nc(C(=O)Nc2ccccc2OCCN2CCCCC2)cs1. The number of piperidine rings is 1. The molecule has 1 aromatic heterocycles. The normalized spacial score (nSPS) is 14.6. The summed E-state index contributed by atoms with van der Waals surface area (Å²) in [6, 6.07) is 7.37. The summed E-state index contributed by atoms with van der Waals surface area (Å²) < 4.78 is 5.90. The maximum Gasteiger partial charge on any atom is 0.275 e. The Balaban J connectivity index is 1.57. The summed E-state index contributed by atoms with van der Waals surface area (Å²) in [6.45, 7) is 5.12. The van der Waals surface area contributed by atoms with Gasteiger partial charge in [-0.25, -0.2) is 4.98 Å². The summed E-state index contributed by atoms with van der Waals surface area (Å²) in [6.07, 6.45) is 3.81. The van der Waals surface area contributed by atoms with Crippen molar-refractivity contribution < 1.29 is 14.3 Å². The van der Waals surface area contributed by atoms with E-state index in [4.69, 9.17) is 4.74 Å². The fourth-order valence-electron chi connectivity index (χ4n) is 2.94. The Morgan fingerprint density at radius 2 is 1.96 bits per heavy atom. The third kappa shape index (κ3) is 5.77. The lowest BCUT2D eigenvalue weighted by atomic mass is 10.1. The molecule has 0 unspecified atom stereocenters. The maximum absolute atomic E-state index is 12.4. The second kappa shape index (κ2) is 9.48. The number of hydrogen-bond donors (Lipinski definition) is 2. The van der Waals surface area contributed by atoms with Crippen LogP contribution < -0.4 is 15.4 Å². The molecule has 0 aliphatic carbocycles. The predicted octanol–water partition coefficient (Wildman–Crippen LogP) is 3.22. The lowest BCUT2D eigenvalue weighted by molar-refractivity contribution is -0.114. The Bertz CT molecular complexity index is 787. The first kappa shape index (κ1) is 19.3. The van der Waals surface area contributed by atoms with Crippen LogP contribution in [0.3, 0.4) is 0 Å². The van der Waals surface area contributed by atoms with Crippen molar-refractivity contribution in [1.82, 2.24) is 9.88 Å². The molecule has 1 saturated heterocycles. The fourth-order valence-corrected chi connectivity index (χ4v) is 3.67. The lowest BCUT2D eigenvalue weighted by Crippen LogP contribution is -2.33. The lowest BCUT2D eigenvalue weighted by Gasteiger charge is -2.26. The van der Waals surface area contributed by atoms with Gasteiger partial charge >= 0.3 is 0 Å². The van der Waals surface area contributed by atoms with Crippen molar-refractivity contribution in [2.24, 2.45) is 0 Å². The molecule has 2 amide bonds. The van der Waals surface area contributed by atoms with Gasteiger partial charge in [-0.05, 0) is 38.1 Å². The quantitative estimate of drug-likeness (QED) is 0.761. The van der Waals surface area contributed by atoms with Gasteiger partial charge in [-0.3, -0.25) is 14.5 Å². The van der Waals surface area contributed by atoms with E-state index in [2.05, 4.69) is 20.5 Å². The van der Waals surface area contributed by atoms with Crippen molar-refractivity contribution in [2.45, 2.75) is 26.2 Å². The topological polar surface area (TPSA) is 83.6 Å². The molecule has 0 bridgehead atoms. The van der Waals surface area contributed by atoms with Gasteiger partial charge in [0.05, 0.1) is 5.69 Å². The average Bonchev–Trinajstić information content (AvgIpc) is 3.12. The highest BCUT2D eigenvalue weighted by Gasteiger charge is 2.14. The van der Waals surface area contributed by atoms with E-state index in [1.54, 1.807) is 11.4 Å². The van der Waals surface area contributed by atoms with Crippen LogP contribution >= 0.6 is 11.3 Å². The van der Waals surface area contributed by atoms with Crippen LogP contribution in [0.2, 0.25) is 0 Å². The number of benzene rings is 1. The number of hydrogen-bond acceptors (Lipinski definition) is 6. The van der Waals surface area contributed by atoms with Crippen LogP contribution in [-0.2, 0) is 4.79 Å². The number of rotatable bonds is 7. The van der Waals surface area contributed by atoms with E-state index in [9.17, 15) is 9.59 Å². The fraction of sp³-hybridized carbons (Fsp3) is 0.421. The maximum atomic E-state index is 12.4. The van der Waals surface area contributed by atoms with Crippen LogP contribution in [0.5, 0.6) is 5.75 Å².